The maximum Gasteiger partial charge on any atom is 0.127 e. The number of pyridine rings is 1. The van der Waals surface area contributed by atoms with Crippen LogP contribution in [0.25, 0.3) is 0 Å². The minimum Gasteiger partial charge on any atom is -0.367 e. The summed E-state index contributed by atoms with van der Waals surface area (Å²) in [5.74, 6) is 1.95. The summed E-state index contributed by atoms with van der Waals surface area (Å²) >= 11 is 3.39. The Labute approximate surface area is 99.6 Å². The van der Waals surface area contributed by atoms with Crippen molar-refractivity contribution in [3.63, 3.8) is 0 Å². The van der Waals surface area contributed by atoms with E-state index in [1.54, 1.807) is 0 Å². The largest absolute Gasteiger partial charge is 0.367 e. The topological polar surface area (TPSA) is 24.9 Å². The summed E-state index contributed by atoms with van der Waals surface area (Å²) in [4.78, 5) is 4.39. The molecule has 3 heteroatoms. The van der Waals surface area contributed by atoms with E-state index in [0.717, 1.165) is 16.3 Å². The second kappa shape index (κ2) is 4.97. The third kappa shape index (κ3) is 3.49. The van der Waals surface area contributed by atoms with Gasteiger partial charge in [0.1, 0.15) is 10.4 Å². The minimum absolute atomic E-state index is 0.583. The molecule has 0 saturated heterocycles. The van der Waals surface area contributed by atoms with E-state index in [0.29, 0.717) is 6.04 Å². The molecule has 0 spiro atoms. The molecule has 0 aromatic carbocycles. The first-order valence-electron chi connectivity index (χ1n) is 5.67. The SMILES string of the molecule is CCC(CC1CC1)Nc1cccc(Br)n1. The first-order valence-corrected chi connectivity index (χ1v) is 6.46. The normalized spacial score (nSPS) is 17.5. The molecule has 1 aliphatic carbocycles. The van der Waals surface area contributed by atoms with Crippen LogP contribution in [0, 0.1) is 5.92 Å². The second-order valence-corrected chi connectivity index (χ2v) is 5.09. The fourth-order valence-corrected chi connectivity index (χ4v) is 2.13. The fraction of sp³-hybridized carbons (Fsp3) is 0.583. The molecule has 0 amide bonds. The van der Waals surface area contributed by atoms with Crippen molar-refractivity contribution in [2.24, 2.45) is 5.92 Å². The van der Waals surface area contributed by atoms with Crippen LogP contribution < -0.4 is 5.32 Å². The summed E-state index contributed by atoms with van der Waals surface area (Å²) in [5, 5.41) is 3.50. The first kappa shape index (κ1) is 10.9. The zero-order chi connectivity index (χ0) is 10.7. The predicted molar refractivity (Wildman–Crippen MR) is 67.0 cm³/mol. The third-order valence-electron chi connectivity index (χ3n) is 2.87. The van der Waals surface area contributed by atoms with Gasteiger partial charge < -0.3 is 5.32 Å². The number of hydrogen-bond acceptors (Lipinski definition) is 2. The molecule has 1 aliphatic rings. The van der Waals surface area contributed by atoms with Gasteiger partial charge in [-0.05, 0) is 46.8 Å². The number of nitrogens with one attached hydrogen (secondary N) is 1. The van der Waals surface area contributed by atoms with Gasteiger partial charge in [0.05, 0.1) is 0 Å². The van der Waals surface area contributed by atoms with Gasteiger partial charge >= 0.3 is 0 Å². The molecule has 1 aromatic rings. The van der Waals surface area contributed by atoms with E-state index in [9.17, 15) is 0 Å². The molecule has 0 aliphatic heterocycles. The summed E-state index contributed by atoms with van der Waals surface area (Å²) in [6, 6.07) is 6.58. The summed E-state index contributed by atoms with van der Waals surface area (Å²) in [6.45, 7) is 2.23. The average molecular weight is 269 g/mol. The van der Waals surface area contributed by atoms with Crippen molar-refractivity contribution in [2.45, 2.75) is 38.6 Å². The highest BCUT2D eigenvalue weighted by molar-refractivity contribution is 9.10. The number of anilines is 1. The molecule has 0 bridgehead atoms. The van der Waals surface area contributed by atoms with Crippen LogP contribution in [0.15, 0.2) is 22.8 Å². The highest BCUT2D eigenvalue weighted by Gasteiger charge is 2.24. The summed E-state index contributed by atoms with van der Waals surface area (Å²) in [5.41, 5.74) is 0. The Kier molecular flexibility index (Phi) is 3.62. The van der Waals surface area contributed by atoms with E-state index < -0.39 is 0 Å². The molecule has 1 N–H and O–H groups in total. The molecule has 15 heavy (non-hydrogen) atoms. The Morgan fingerprint density at radius 1 is 1.53 bits per heavy atom. The molecule has 1 saturated carbocycles. The fourth-order valence-electron chi connectivity index (χ4n) is 1.78. The van der Waals surface area contributed by atoms with Crippen molar-refractivity contribution in [2.75, 3.05) is 5.32 Å². The van der Waals surface area contributed by atoms with Crippen LogP contribution in [-0.2, 0) is 0 Å². The third-order valence-corrected chi connectivity index (χ3v) is 3.32. The minimum atomic E-state index is 0.583. The van der Waals surface area contributed by atoms with Crippen molar-refractivity contribution in [1.82, 2.24) is 4.98 Å². The van der Waals surface area contributed by atoms with Gasteiger partial charge in [0, 0.05) is 6.04 Å². The molecule has 2 nitrogen and oxygen atoms in total. The van der Waals surface area contributed by atoms with E-state index in [1.807, 2.05) is 18.2 Å². The number of rotatable bonds is 5. The van der Waals surface area contributed by atoms with Gasteiger partial charge in [0.2, 0.25) is 0 Å². The smallest absolute Gasteiger partial charge is 0.127 e. The van der Waals surface area contributed by atoms with Crippen LogP contribution in [0.2, 0.25) is 0 Å². The lowest BCUT2D eigenvalue weighted by Gasteiger charge is -2.17. The summed E-state index contributed by atoms with van der Waals surface area (Å²) in [6.07, 6.45) is 5.31. The number of hydrogen-bond donors (Lipinski definition) is 1. The Bertz CT molecular complexity index is 323. The van der Waals surface area contributed by atoms with Crippen molar-refractivity contribution >= 4 is 21.7 Å². The molecule has 1 fully saturated rings. The zero-order valence-corrected chi connectivity index (χ0v) is 10.6. The lowest BCUT2D eigenvalue weighted by atomic mass is 10.1. The maximum atomic E-state index is 4.39. The molecule has 1 heterocycles. The Morgan fingerprint density at radius 3 is 2.93 bits per heavy atom. The van der Waals surface area contributed by atoms with Gasteiger partial charge in [0.15, 0.2) is 0 Å². The molecule has 0 radical (unpaired) electrons. The van der Waals surface area contributed by atoms with Crippen LogP contribution in [0.5, 0.6) is 0 Å². The van der Waals surface area contributed by atoms with Gasteiger partial charge in [-0.3, -0.25) is 0 Å². The highest BCUT2D eigenvalue weighted by atomic mass is 79.9. The quantitative estimate of drug-likeness (QED) is 0.821. The number of halogens is 1. The van der Waals surface area contributed by atoms with E-state index >= 15 is 0 Å². The number of aromatic nitrogens is 1. The van der Waals surface area contributed by atoms with Crippen LogP contribution in [0.1, 0.15) is 32.6 Å². The highest BCUT2D eigenvalue weighted by Crippen LogP contribution is 2.34. The Hall–Kier alpha value is -0.570. The predicted octanol–water partition coefficient (Wildman–Crippen LogP) is 3.83. The molecular formula is C12H17BrN2. The van der Waals surface area contributed by atoms with Gasteiger partial charge in [0.25, 0.3) is 0 Å². The van der Waals surface area contributed by atoms with E-state index in [-0.39, 0.29) is 0 Å². The molecule has 1 unspecified atom stereocenters. The van der Waals surface area contributed by atoms with Crippen LogP contribution in [0.4, 0.5) is 5.82 Å². The average Bonchev–Trinajstić information content (AvgIpc) is 3.01. The summed E-state index contributed by atoms with van der Waals surface area (Å²) in [7, 11) is 0. The Balaban J connectivity index is 1.92. The molecule has 1 atom stereocenters. The van der Waals surface area contributed by atoms with Gasteiger partial charge in [-0.25, -0.2) is 4.98 Å². The zero-order valence-electron chi connectivity index (χ0n) is 9.04. The van der Waals surface area contributed by atoms with Crippen molar-refractivity contribution in [1.29, 1.82) is 0 Å². The van der Waals surface area contributed by atoms with Crippen molar-refractivity contribution in [3.8, 4) is 0 Å². The lowest BCUT2D eigenvalue weighted by Crippen LogP contribution is -2.19. The van der Waals surface area contributed by atoms with Crippen LogP contribution >= 0.6 is 15.9 Å². The van der Waals surface area contributed by atoms with Crippen LogP contribution in [0.3, 0.4) is 0 Å². The molecule has 1 aromatic heterocycles. The lowest BCUT2D eigenvalue weighted by molar-refractivity contribution is 0.585. The van der Waals surface area contributed by atoms with E-state index in [1.165, 1.54) is 25.7 Å². The Morgan fingerprint density at radius 2 is 2.33 bits per heavy atom. The van der Waals surface area contributed by atoms with Gasteiger partial charge in [-0.2, -0.15) is 0 Å². The van der Waals surface area contributed by atoms with Gasteiger partial charge in [-0.1, -0.05) is 25.8 Å². The van der Waals surface area contributed by atoms with Crippen molar-refractivity contribution in [3.05, 3.63) is 22.8 Å². The first-order chi connectivity index (χ1) is 7.28. The molecule has 2 rings (SSSR count). The summed E-state index contributed by atoms with van der Waals surface area (Å²) < 4.78 is 0.897. The maximum absolute atomic E-state index is 4.39. The van der Waals surface area contributed by atoms with E-state index in [2.05, 4.69) is 33.2 Å². The monoisotopic (exact) mass is 268 g/mol. The van der Waals surface area contributed by atoms with Gasteiger partial charge in [-0.15, -0.1) is 0 Å². The second-order valence-electron chi connectivity index (χ2n) is 4.27. The molecule has 82 valence electrons. The molecular weight excluding hydrogens is 252 g/mol. The van der Waals surface area contributed by atoms with Crippen molar-refractivity contribution < 1.29 is 0 Å². The number of nitrogens with zero attached hydrogens (tertiary/aromatic N) is 1. The van der Waals surface area contributed by atoms with E-state index in [4.69, 9.17) is 0 Å². The standard InChI is InChI=1S/C12H17BrN2/c1-2-10(8-9-6-7-9)14-12-5-3-4-11(13)15-12/h3-5,9-10H,2,6-8H2,1H3,(H,14,15). The van der Waals surface area contributed by atoms with Crippen LogP contribution in [-0.4, -0.2) is 11.0 Å².